The van der Waals surface area contributed by atoms with E-state index in [1.165, 1.54) is 24.3 Å². The Balaban J connectivity index is 1.53. The summed E-state index contributed by atoms with van der Waals surface area (Å²) in [6.07, 6.45) is -7.93. The van der Waals surface area contributed by atoms with E-state index in [2.05, 4.69) is 0 Å². The normalized spacial score (nSPS) is 27.8. The molecule has 0 aromatic heterocycles. The zero-order chi connectivity index (χ0) is 23.3. The van der Waals surface area contributed by atoms with Crippen molar-refractivity contribution < 1.29 is 44.6 Å². The van der Waals surface area contributed by atoms with Crippen LogP contribution in [0.4, 0.5) is 0 Å². The predicted molar refractivity (Wildman–Crippen MR) is 107 cm³/mol. The molecule has 0 spiro atoms. The molecule has 0 aliphatic carbocycles. The van der Waals surface area contributed by atoms with Gasteiger partial charge in [-0.25, -0.2) is 8.98 Å². The van der Waals surface area contributed by atoms with Gasteiger partial charge in [-0.2, -0.15) is 16.8 Å². The lowest BCUT2D eigenvalue weighted by Crippen LogP contribution is -2.37. The van der Waals surface area contributed by atoms with Crippen molar-refractivity contribution in [1.29, 1.82) is 0 Å². The van der Waals surface area contributed by atoms with Crippen molar-refractivity contribution in [3.63, 3.8) is 0 Å². The molecule has 2 aliphatic heterocycles. The predicted octanol–water partition coefficient (Wildman–Crippen LogP) is 0.794. The summed E-state index contributed by atoms with van der Waals surface area (Å²) >= 11 is 0. The Morgan fingerprint density at radius 2 is 1.25 bits per heavy atom. The fourth-order valence-corrected chi connectivity index (χ4v) is 5.50. The smallest absolute Gasteiger partial charge is 0.340 e. The summed E-state index contributed by atoms with van der Waals surface area (Å²) in [6.45, 7) is 3.55. The Bertz CT molecular complexity index is 1220. The molecule has 2 aliphatic rings. The third kappa shape index (κ3) is 4.29. The fourth-order valence-electron chi connectivity index (χ4n) is 3.38. The summed E-state index contributed by atoms with van der Waals surface area (Å²) in [6, 6.07) is 11.5. The highest BCUT2D eigenvalue weighted by Gasteiger charge is 2.60. The van der Waals surface area contributed by atoms with E-state index < -0.39 is 56.9 Å². The lowest BCUT2D eigenvalue weighted by atomic mass is 10.1. The molecular weight excluding hydrogens is 464 g/mol. The summed E-state index contributed by atoms with van der Waals surface area (Å²) in [7, 11) is -8.71. The summed E-state index contributed by atoms with van der Waals surface area (Å²) < 4.78 is 70.7. The third-order valence-electron chi connectivity index (χ3n) is 5.10. The lowest BCUT2D eigenvalue weighted by molar-refractivity contribution is -0.162. The molecule has 2 saturated heterocycles. The van der Waals surface area contributed by atoms with Crippen molar-refractivity contribution in [2.45, 2.75) is 54.3 Å². The van der Waals surface area contributed by atoms with Crippen molar-refractivity contribution >= 4 is 26.2 Å². The number of aryl methyl sites for hydroxylation is 2. The number of carbonyl (C=O) groups excluding carboxylic acids is 1. The Morgan fingerprint density at radius 3 is 1.75 bits per heavy atom. The van der Waals surface area contributed by atoms with E-state index in [4.69, 9.17) is 17.8 Å². The zero-order valence-corrected chi connectivity index (χ0v) is 18.6. The van der Waals surface area contributed by atoms with Crippen LogP contribution in [-0.2, 0) is 42.9 Å². The fraction of sp³-hybridized carbons (Fsp3) is 0.350. The number of ether oxygens (including phenoxy) is 2. The molecule has 4 rings (SSSR count). The monoisotopic (exact) mass is 484 g/mol. The van der Waals surface area contributed by atoms with E-state index in [0.29, 0.717) is 0 Å². The van der Waals surface area contributed by atoms with Gasteiger partial charge in [0.05, 0.1) is 9.79 Å². The first-order valence-electron chi connectivity index (χ1n) is 9.52. The van der Waals surface area contributed by atoms with Crippen LogP contribution >= 0.6 is 0 Å². The molecule has 2 fully saturated rings. The number of hydrogen-bond acceptors (Lipinski definition) is 10. The number of rotatable bonds is 6. The molecule has 172 valence electrons. The zero-order valence-electron chi connectivity index (χ0n) is 16.9. The minimum atomic E-state index is -4.37. The van der Waals surface area contributed by atoms with Crippen molar-refractivity contribution in [1.82, 2.24) is 0 Å². The van der Waals surface area contributed by atoms with Crippen LogP contribution in [0.1, 0.15) is 11.1 Å². The molecule has 32 heavy (non-hydrogen) atoms. The number of hydrogen-bond donors (Lipinski definition) is 1. The highest BCUT2D eigenvalue weighted by molar-refractivity contribution is 7.87. The molecule has 0 bridgehead atoms. The maximum absolute atomic E-state index is 12.6. The maximum Gasteiger partial charge on any atom is 0.340 e. The van der Waals surface area contributed by atoms with Gasteiger partial charge in [-0.15, -0.1) is 0 Å². The largest absolute Gasteiger partial charge is 0.454 e. The second-order valence-corrected chi connectivity index (χ2v) is 10.6. The van der Waals surface area contributed by atoms with Crippen molar-refractivity contribution in [2.75, 3.05) is 0 Å². The van der Waals surface area contributed by atoms with Crippen LogP contribution in [0.15, 0.2) is 58.3 Å². The average Bonchev–Trinajstić information content (AvgIpc) is 3.17. The van der Waals surface area contributed by atoms with E-state index in [9.17, 15) is 26.7 Å². The summed E-state index contributed by atoms with van der Waals surface area (Å²) in [5.41, 5.74) is 1.65. The SMILES string of the molecule is Cc1ccc(S(=O)(=O)O[C@@H]2[C@H]3OC(=O)[C@@H](OS(=O)(=O)c4ccc(C)cc4)[C@H]3O[C@H]2O)cc1. The van der Waals surface area contributed by atoms with Gasteiger partial charge >= 0.3 is 5.97 Å². The van der Waals surface area contributed by atoms with E-state index in [1.807, 2.05) is 0 Å². The first kappa shape index (κ1) is 22.8. The van der Waals surface area contributed by atoms with Crippen molar-refractivity contribution in [3.05, 3.63) is 59.7 Å². The number of aliphatic hydroxyl groups excluding tert-OH is 1. The molecule has 2 heterocycles. The number of benzene rings is 2. The standard InChI is InChI=1S/C20H20O10S2/c1-11-3-7-13(8-4-11)31(23,24)29-17-15-16(28-19(17)21)18(20(22)27-15)30-32(25,26)14-9-5-12(2)6-10-14/h3-10,15-19,21H,1-2H3/t15-,16-,17+,18-,19+/m0/s1. The van der Waals surface area contributed by atoms with Crippen LogP contribution in [0.2, 0.25) is 0 Å². The first-order chi connectivity index (χ1) is 15.0. The van der Waals surface area contributed by atoms with E-state index >= 15 is 0 Å². The second-order valence-electron chi connectivity index (χ2n) is 7.50. The summed E-state index contributed by atoms with van der Waals surface area (Å²) in [4.78, 5) is 11.9. The molecule has 5 atom stereocenters. The van der Waals surface area contributed by atoms with Gasteiger partial charge < -0.3 is 14.6 Å². The number of carbonyl (C=O) groups is 1. The minimum Gasteiger partial charge on any atom is -0.454 e. The van der Waals surface area contributed by atoms with Gasteiger partial charge in [0.2, 0.25) is 6.10 Å². The van der Waals surface area contributed by atoms with Crippen molar-refractivity contribution in [3.8, 4) is 0 Å². The Labute approximate surface area is 184 Å². The van der Waals surface area contributed by atoms with Gasteiger partial charge in [0.15, 0.2) is 18.5 Å². The maximum atomic E-state index is 12.6. The molecule has 10 nitrogen and oxygen atoms in total. The van der Waals surface area contributed by atoms with Crippen LogP contribution in [0.3, 0.4) is 0 Å². The van der Waals surface area contributed by atoms with Gasteiger partial charge in [0.1, 0.15) is 6.10 Å². The van der Waals surface area contributed by atoms with Gasteiger partial charge in [0.25, 0.3) is 20.2 Å². The molecule has 1 N–H and O–H groups in total. The Hall–Kier alpha value is -2.35. The molecule has 0 radical (unpaired) electrons. The number of fused-ring (bicyclic) bond motifs is 1. The van der Waals surface area contributed by atoms with Crippen LogP contribution in [0.5, 0.6) is 0 Å². The third-order valence-corrected chi connectivity index (χ3v) is 7.73. The van der Waals surface area contributed by atoms with Crippen LogP contribution in [-0.4, -0.2) is 58.6 Å². The summed E-state index contributed by atoms with van der Waals surface area (Å²) in [5.74, 6) is -1.08. The van der Waals surface area contributed by atoms with Gasteiger partial charge in [0, 0.05) is 0 Å². The minimum absolute atomic E-state index is 0.169. The van der Waals surface area contributed by atoms with Crippen LogP contribution in [0.25, 0.3) is 0 Å². The van der Waals surface area contributed by atoms with E-state index in [-0.39, 0.29) is 9.79 Å². The average molecular weight is 485 g/mol. The lowest BCUT2D eigenvalue weighted by Gasteiger charge is -2.18. The number of esters is 1. The number of aliphatic hydroxyl groups is 1. The Kier molecular flexibility index (Phi) is 5.86. The van der Waals surface area contributed by atoms with Gasteiger partial charge in [-0.3, -0.25) is 4.18 Å². The molecule has 0 amide bonds. The second kappa shape index (κ2) is 8.21. The molecule has 12 heteroatoms. The molecule has 2 aromatic carbocycles. The highest BCUT2D eigenvalue weighted by atomic mass is 32.2. The first-order valence-corrected chi connectivity index (χ1v) is 12.3. The molecule has 2 aromatic rings. The van der Waals surface area contributed by atoms with Crippen LogP contribution < -0.4 is 0 Å². The van der Waals surface area contributed by atoms with Gasteiger partial charge in [-0.05, 0) is 38.1 Å². The quantitative estimate of drug-likeness (QED) is 0.462. The van der Waals surface area contributed by atoms with E-state index in [0.717, 1.165) is 11.1 Å². The molecular formula is C20H20O10S2. The molecule has 0 saturated carbocycles. The van der Waals surface area contributed by atoms with E-state index in [1.54, 1.807) is 38.1 Å². The van der Waals surface area contributed by atoms with Crippen LogP contribution in [0, 0.1) is 13.8 Å². The van der Waals surface area contributed by atoms with Crippen molar-refractivity contribution in [2.24, 2.45) is 0 Å². The topological polar surface area (TPSA) is 143 Å². The molecule has 0 unspecified atom stereocenters. The Morgan fingerprint density at radius 1 is 0.781 bits per heavy atom. The summed E-state index contributed by atoms with van der Waals surface area (Å²) in [5, 5.41) is 10.2. The van der Waals surface area contributed by atoms with Gasteiger partial charge in [-0.1, -0.05) is 35.4 Å². The highest BCUT2D eigenvalue weighted by Crippen LogP contribution is 2.37.